The molecule has 190 valence electrons. The molecule has 0 radical (unpaired) electrons. The van der Waals surface area contributed by atoms with Gasteiger partial charge in [0.15, 0.2) is 5.60 Å². The molecule has 0 saturated heterocycles. The summed E-state index contributed by atoms with van der Waals surface area (Å²) in [5.74, 6) is -0.252. The summed E-state index contributed by atoms with van der Waals surface area (Å²) in [5.41, 5.74) is 2.20. The average Bonchev–Trinajstić information content (AvgIpc) is 3.48. The van der Waals surface area contributed by atoms with Crippen molar-refractivity contribution in [2.75, 3.05) is 6.61 Å². The predicted octanol–water partition coefficient (Wildman–Crippen LogP) is 4.02. The van der Waals surface area contributed by atoms with Crippen LogP contribution in [-0.4, -0.2) is 52.0 Å². The van der Waals surface area contributed by atoms with Gasteiger partial charge in [0.05, 0.1) is 11.1 Å². The van der Waals surface area contributed by atoms with Gasteiger partial charge in [-0.05, 0) is 63.1 Å². The molecule has 0 bridgehead atoms. The van der Waals surface area contributed by atoms with Gasteiger partial charge in [0, 0.05) is 23.7 Å². The zero-order valence-electron chi connectivity index (χ0n) is 19.3. The van der Waals surface area contributed by atoms with Crippen molar-refractivity contribution in [1.82, 2.24) is 10.1 Å². The van der Waals surface area contributed by atoms with Crippen molar-refractivity contribution >= 4 is 12.0 Å². The molecule has 1 atom stereocenters. The number of nitrogens with two attached hydrogens (primary N) is 1. The van der Waals surface area contributed by atoms with Gasteiger partial charge < -0.3 is 25.0 Å². The first kappa shape index (κ1) is 25.0. The number of carbonyl (C=O) groups is 2. The smallest absolute Gasteiger partial charge is 0.421 e. The molecule has 4 rings (SSSR count). The van der Waals surface area contributed by atoms with Gasteiger partial charge in [-0.3, -0.25) is 4.79 Å². The van der Waals surface area contributed by atoms with Crippen LogP contribution in [0, 0.1) is 0 Å². The van der Waals surface area contributed by atoms with Crippen LogP contribution in [0.2, 0.25) is 0 Å². The zero-order chi connectivity index (χ0) is 25.4. The molecular formula is C24H28F3N3O5. The maximum atomic E-state index is 13.4. The van der Waals surface area contributed by atoms with E-state index in [1.807, 2.05) is 4.90 Å². The summed E-state index contributed by atoms with van der Waals surface area (Å²) in [7, 11) is 0. The average molecular weight is 495 g/mol. The minimum Gasteiger partial charge on any atom is -0.449 e. The molecule has 1 aromatic heterocycles. The van der Waals surface area contributed by atoms with Gasteiger partial charge in [-0.25, -0.2) is 4.79 Å². The molecule has 3 N–H and O–H groups in total. The van der Waals surface area contributed by atoms with E-state index in [2.05, 4.69) is 5.16 Å². The molecule has 1 aromatic carbocycles. The Kier molecular flexibility index (Phi) is 6.56. The molecule has 1 heterocycles. The number of ether oxygens (including phenoxy) is 1. The lowest BCUT2D eigenvalue weighted by molar-refractivity contribution is -0.258. The van der Waals surface area contributed by atoms with Crippen LogP contribution in [0.5, 0.6) is 0 Å². The van der Waals surface area contributed by atoms with Crippen LogP contribution in [0.1, 0.15) is 67.1 Å². The van der Waals surface area contributed by atoms with Crippen molar-refractivity contribution in [1.29, 1.82) is 0 Å². The number of rotatable bonds is 7. The van der Waals surface area contributed by atoms with Gasteiger partial charge >= 0.3 is 12.3 Å². The fraction of sp³-hybridized carbons (Fsp3) is 0.542. The van der Waals surface area contributed by atoms with Crippen molar-refractivity contribution in [3.63, 3.8) is 0 Å². The number of halogens is 3. The lowest BCUT2D eigenvalue weighted by atomic mass is 9.70. The van der Waals surface area contributed by atoms with E-state index in [4.69, 9.17) is 15.0 Å². The summed E-state index contributed by atoms with van der Waals surface area (Å²) >= 11 is 0. The van der Waals surface area contributed by atoms with Gasteiger partial charge in [-0.2, -0.15) is 13.2 Å². The van der Waals surface area contributed by atoms with E-state index in [-0.39, 0.29) is 35.7 Å². The maximum Gasteiger partial charge on any atom is 0.421 e. The van der Waals surface area contributed by atoms with E-state index in [0.29, 0.717) is 38.3 Å². The Morgan fingerprint density at radius 3 is 2.23 bits per heavy atom. The summed E-state index contributed by atoms with van der Waals surface area (Å²) in [5, 5.41) is 13.9. The second-order valence-corrected chi connectivity index (χ2v) is 9.59. The number of benzene rings is 1. The standard InChI is InChI=1S/C24H28F3N3O5/c1-22(33,24(25,26)27)16-4-2-15(3-5-16)20(31)30(17-6-7-17)18-8-11-23(12-9-18,14-34-21(28)32)19-10-13-35-29-19/h2-5,10,13,17-18,33H,6-9,11-12,14H2,1H3,(H2,28,32)/t18-,22-,23-/m0/s1. The molecule has 2 fully saturated rings. The third kappa shape index (κ3) is 5.00. The van der Waals surface area contributed by atoms with E-state index >= 15 is 0 Å². The second-order valence-electron chi connectivity index (χ2n) is 9.59. The first-order valence-corrected chi connectivity index (χ1v) is 11.5. The third-order valence-electron chi connectivity index (χ3n) is 7.20. The molecule has 8 nitrogen and oxygen atoms in total. The Hall–Kier alpha value is -3.08. The van der Waals surface area contributed by atoms with Gasteiger partial charge in [0.2, 0.25) is 0 Å². The highest BCUT2D eigenvalue weighted by molar-refractivity contribution is 5.95. The van der Waals surface area contributed by atoms with Crippen LogP contribution in [-0.2, 0) is 15.8 Å². The Balaban J connectivity index is 1.50. The van der Waals surface area contributed by atoms with Crippen LogP contribution >= 0.6 is 0 Å². The maximum absolute atomic E-state index is 13.4. The molecule has 2 aliphatic rings. The SMILES string of the molecule is C[C@](O)(c1ccc(C(=O)N(C2CC2)[C@H]2CC[C@](COC(N)=O)(c3ccon3)CC2)cc1)C(F)(F)F. The van der Waals surface area contributed by atoms with E-state index < -0.39 is 23.3 Å². The summed E-state index contributed by atoms with van der Waals surface area (Å²) < 4.78 is 49.6. The first-order chi connectivity index (χ1) is 16.4. The Morgan fingerprint density at radius 2 is 1.74 bits per heavy atom. The number of alkyl halides is 3. The Labute approximate surface area is 200 Å². The van der Waals surface area contributed by atoms with Crippen LogP contribution in [0.3, 0.4) is 0 Å². The summed E-state index contributed by atoms with van der Waals surface area (Å²) in [6, 6.07) is 6.67. The largest absolute Gasteiger partial charge is 0.449 e. The van der Waals surface area contributed by atoms with Crippen molar-refractivity contribution in [2.45, 2.75) is 74.7 Å². The number of aliphatic hydroxyl groups is 1. The topological polar surface area (TPSA) is 119 Å². The van der Waals surface area contributed by atoms with Crippen molar-refractivity contribution in [3.05, 3.63) is 53.4 Å². The van der Waals surface area contributed by atoms with Crippen molar-refractivity contribution < 1.29 is 37.1 Å². The molecule has 35 heavy (non-hydrogen) atoms. The van der Waals surface area contributed by atoms with Gasteiger partial charge in [0.25, 0.3) is 5.91 Å². The summed E-state index contributed by atoms with van der Waals surface area (Å²) in [4.78, 5) is 26.5. The normalized spacial score (nSPS) is 24.4. The minimum absolute atomic E-state index is 0.0551. The van der Waals surface area contributed by atoms with Crippen LogP contribution < -0.4 is 5.73 Å². The molecule has 2 aliphatic carbocycles. The molecule has 2 amide bonds. The number of aromatic nitrogens is 1. The number of hydrogen-bond donors (Lipinski definition) is 2. The van der Waals surface area contributed by atoms with Crippen molar-refractivity contribution in [3.8, 4) is 0 Å². The fourth-order valence-electron chi connectivity index (χ4n) is 4.84. The van der Waals surface area contributed by atoms with Crippen molar-refractivity contribution in [2.24, 2.45) is 5.73 Å². The van der Waals surface area contributed by atoms with E-state index in [1.165, 1.54) is 18.4 Å². The first-order valence-electron chi connectivity index (χ1n) is 11.5. The van der Waals surface area contributed by atoms with Gasteiger partial charge in [-0.1, -0.05) is 17.3 Å². The Bertz CT molecular complexity index is 1040. The van der Waals surface area contributed by atoms with Crippen LogP contribution in [0.25, 0.3) is 0 Å². The quantitative estimate of drug-likeness (QED) is 0.599. The molecule has 0 unspecified atom stereocenters. The zero-order valence-corrected chi connectivity index (χ0v) is 19.3. The Morgan fingerprint density at radius 1 is 1.14 bits per heavy atom. The van der Waals surface area contributed by atoms with Crippen LogP contribution in [0.15, 0.2) is 41.1 Å². The fourth-order valence-corrected chi connectivity index (χ4v) is 4.84. The summed E-state index contributed by atoms with van der Waals surface area (Å²) in [6.45, 7) is 0.741. The van der Waals surface area contributed by atoms with Crippen LogP contribution in [0.4, 0.5) is 18.0 Å². The van der Waals surface area contributed by atoms with Gasteiger partial charge in [0.1, 0.15) is 12.9 Å². The minimum atomic E-state index is -4.84. The monoisotopic (exact) mass is 495 g/mol. The van der Waals surface area contributed by atoms with E-state index in [0.717, 1.165) is 25.0 Å². The highest BCUT2D eigenvalue weighted by Crippen LogP contribution is 2.43. The molecule has 11 heteroatoms. The molecular weight excluding hydrogens is 467 g/mol. The molecule has 0 spiro atoms. The molecule has 2 saturated carbocycles. The summed E-state index contributed by atoms with van der Waals surface area (Å²) in [6.07, 6.45) is -0.121. The number of nitrogens with zero attached hydrogens (tertiary/aromatic N) is 2. The molecule has 2 aromatic rings. The third-order valence-corrected chi connectivity index (χ3v) is 7.20. The predicted molar refractivity (Wildman–Crippen MR) is 117 cm³/mol. The molecule has 0 aliphatic heterocycles. The lowest BCUT2D eigenvalue weighted by Gasteiger charge is -2.42. The number of hydrogen-bond acceptors (Lipinski definition) is 6. The second kappa shape index (κ2) is 9.18. The number of primary amides is 1. The highest BCUT2D eigenvalue weighted by Gasteiger charge is 2.51. The lowest BCUT2D eigenvalue weighted by Crippen LogP contribution is -2.48. The number of amides is 2. The number of carbonyl (C=O) groups excluding carboxylic acids is 2. The van der Waals surface area contributed by atoms with E-state index in [1.54, 1.807) is 6.07 Å². The van der Waals surface area contributed by atoms with Gasteiger partial charge in [-0.15, -0.1) is 0 Å². The van der Waals surface area contributed by atoms with E-state index in [9.17, 15) is 27.9 Å². The highest BCUT2D eigenvalue weighted by atomic mass is 19.4.